The summed E-state index contributed by atoms with van der Waals surface area (Å²) in [5.74, 6) is -1.01. The number of carbonyl (C=O) groups excluding carboxylic acids is 2. The minimum Gasteiger partial charge on any atom is -0.394 e. The molecule has 0 spiro atoms. The monoisotopic (exact) mass is 468 g/mol. The maximum atomic E-state index is 13.5. The number of aryl methyl sites for hydroxylation is 1. The van der Waals surface area contributed by atoms with Crippen LogP contribution in [-0.2, 0) is 11.3 Å². The molecule has 5 N–H and O–H groups in total. The number of ether oxygens (including phenoxy) is 1. The van der Waals surface area contributed by atoms with Gasteiger partial charge in [-0.2, -0.15) is 0 Å². The quantitative estimate of drug-likeness (QED) is 0.510. The molecule has 180 valence electrons. The van der Waals surface area contributed by atoms with E-state index in [9.17, 15) is 14.0 Å². The number of hydrogen-bond acceptors (Lipinski definition) is 6. The molecule has 0 bridgehead atoms. The zero-order valence-corrected chi connectivity index (χ0v) is 18.2. The van der Waals surface area contributed by atoms with E-state index in [1.807, 2.05) is 4.90 Å². The fourth-order valence-corrected chi connectivity index (χ4v) is 3.72. The van der Waals surface area contributed by atoms with Crippen LogP contribution in [0.1, 0.15) is 39.4 Å². The number of nitrogens with two attached hydrogens (primary N) is 2. The maximum absolute atomic E-state index is 13.5. The van der Waals surface area contributed by atoms with E-state index in [4.69, 9.17) is 16.2 Å². The summed E-state index contributed by atoms with van der Waals surface area (Å²) in [4.78, 5) is 26.5. The molecule has 3 aromatic rings. The number of rotatable bonds is 6. The van der Waals surface area contributed by atoms with E-state index in [2.05, 4.69) is 10.4 Å². The molecule has 4 rings (SSSR count). The van der Waals surface area contributed by atoms with Crippen LogP contribution in [0.25, 0.3) is 5.69 Å². The van der Waals surface area contributed by atoms with Gasteiger partial charge < -0.3 is 26.4 Å². The second-order valence-corrected chi connectivity index (χ2v) is 7.77. The zero-order chi connectivity index (χ0) is 23.5. The van der Waals surface area contributed by atoms with E-state index in [1.165, 1.54) is 16.8 Å². The summed E-state index contributed by atoms with van der Waals surface area (Å²) in [5, 5.41) is 7.33. The molecule has 0 atom stereocenters. The van der Waals surface area contributed by atoms with Crippen molar-refractivity contribution < 1.29 is 18.7 Å². The molecule has 9 nitrogen and oxygen atoms in total. The molecule has 1 aromatic heterocycles. The number of morpholine rings is 1. The molecule has 2 aromatic carbocycles. The third-order valence-electron chi connectivity index (χ3n) is 5.52. The third-order valence-corrected chi connectivity index (χ3v) is 5.52. The van der Waals surface area contributed by atoms with Gasteiger partial charge in [0.15, 0.2) is 11.5 Å². The Morgan fingerprint density at radius 1 is 1.15 bits per heavy atom. The number of nitrogen functional groups attached to an aromatic ring is 1. The number of halogens is 1. The van der Waals surface area contributed by atoms with Crippen LogP contribution in [0.4, 0.5) is 15.9 Å². The summed E-state index contributed by atoms with van der Waals surface area (Å²) in [6.07, 6.45) is 0. The third kappa shape index (κ3) is 5.01. The standard InChI is InChI=1S/C23H25FN6O3.CH4/c1-14-2-5-16(24)12-18(14)23(32)27-13-15-3-6-17(7-4-15)30-20(21(26)31)19(25)22(28-30)29-8-10-33-11-9-29;/h2-7,12H,8-11,13,25H2,1H3,(H2,26,31)(H,27,32);1H4. The molecule has 1 saturated heterocycles. The SMILES string of the molecule is C.Cc1ccc(F)cc1C(=O)NCc1ccc(-n2nc(N3CCOCC3)c(N)c2C(N)=O)cc1. The van der Waals surface area contributed by atoms with Crippen LogP contribution in [0.3, 0.4) is 0 Å². The average Bonchev–Trinajstić information content (AvgIpc) is 3.17. The number of nitrogens with zero attached hydrogens (tertiary/aromatic N) is 3. The van der Waals surface area contributed by atoms with Gasteiger partial charge in [0.1, 0.15) is 11.5 Å². The van der Waals surface area contributed by atoms with Gasteiger partial charge in [-0.3, -0.25) is 9.59 Å². The van der Waals surface area contributed by atoms with Gasteiger partial charge in [-0.1, -0.05) is 25.6 Å². The first kappa shape index (κ1) is 24.7. The van der Waals surface area contributed by atoms with Crippen molar-refractivity contribution in [3.05, 3.63) is 70.7 Å². The first-order chi connectivity index (χ1) is 15.8. The van der Waals surface area contributed by atoms with Gasteiger partial charge >= 0.3 is 0 Å². The molecule has 2 amide bonds. The second kappa shape index (κ2) is 10.3. The van der Waals surface area contributed by atoms with E-state index < -0.39 is 11.7 Å². The Morgan fingerprint density at radius 2 is 1.82 bits per heavy atom. The van der Waals surface area contributed by atoms with Crippen molar-refractivity contribution in [1.82, 2.24) is 15.1 Å². The van der Waals surface area contributed by atoms with Gasteiger partial charge in [-0.25, -0.2) is 9.07 Å². The van der Waals surface area contributed by atoms with Gasteiger partial charge in [0.25, 0.3) is 11.8 Å². The largest absolute Gasteiger partial charge is 0.394 e. The molecule has 1 aliphatic rings. The summed E-state index contributed by atoms with van der Waals surface area (Å²) >= 11 is 0. The van der Waals surface area contributed by atoms with Crippen molar-refractivity contribution in [2.24, 2.45) is 5.73 Å². The Hall–Kier alpha value is -3.92. The van der Waals surface area contributed by atoms with Crippen LogP contribution in [-0.4, -0.2) is 47.9 Å². The number of aromatic nitrogens is 2. The highest BCUT2D eigenvalue weighted by Gasteiger charge is 2.25. The van der Waals surface area contributed by atoms with Crippen molar-refractivity contribution in [3.63, 3.8) is 0 Å². The Labute approximate surface area is 197 Å². The minimum absolute atomic E-state index is 0. The molecule has 1 aliphatic heterocycles. The molecule has 0 aliphatic carbocycles. The molecule has 0 saturated carbocycles. The fourth-order valence-electron chi connectivity index (χ4n) is 3.72. The predicted octanol–water partition coefficient (Wildman–Crippen LogP) is 2.40. The lowest BCUT2D eigenvalue weighted by Gasteiger charge is -2.27. The maximum Gasteiger partial charge on any atom is 0.269 e. The minimum atomic E-state index is -0.679. The Balaban J connectivity index is 0.00000324. The van der Waals surface area contributed by atoms with Crippen LogP contribution < -0.4 is 21.7 Å². The van der Waals surface area contributed by atoms with Gasteiger partial charge in [0, 0.05) is 25.2 Å². The van der Waals surface area contributed by atoms with Crippen molar-refractivity contribution in [2.45, 2.75) is 20.9 Å². The number of carbonyl (C=O) groups is 2. The smallest absolute Gasteiger partial charge is 0.269 e. The summed E-state index contributed by atoms with van der Waals surface area (Å²) in [6.45, 7) is 4.33. The number of amides is 2. The molecule has 0 radical (unpaired) electrons. The number of primary amides is 1. The van der Waals surface area contributed by atoms with E-state index >= 15 is 0 Å². The molecule has 2 heterocycles. The lowest BCUT2D eigenvalue weighted by Crippen LogP contribution is -2.37. The zero-order valence-electron chi connectivity index (χ0n) is 18.2. The first-order valence-corrected chi connectivity index (χ1v) is 10.5. The number of anilines is 2. The van der Waals surface area contributed by atoms with Crippen LogP contribution in [0.2, 0.25) is 0 Å². The summed E-state index contributed by atoms with van der Waals surface area (Å²) < 4.78 is 20.3. The molecular formula is C24H29FN6O3. The van der Waals surface area contributed by atoms with E-state index in [0.717, 1.165) is 5.56 Å². The van der Waals surface area contributed by atoms with Crippen LogP contribution >= 0.6 is 0 Å². The second-order valence-electron chi connectivity index (χ2n) is 7.77. The van der Waals surface area contributed by atoms with Gasteiger partial charge in [0.2, 0.25) is 0 Å². The molecule has 34 heavy (non-hydrogen) atoms. The van der Waals surface area contributed by atoms with Gasteiger partial charge in [0.05, 0.1) is 18.9 Å². The van der Waals surface area contributed by atoms with E-state index in [-0.39, 0.29) is 31.3 Å². The van der Waals surface area contributed by atoms with Crippen molar-refractivity contribution in [2.75, 3.05) is 36.9 Å². The number of hydrogen-bond donors (Lipinski definition) is 3. The fraction of sp³-hybridized carbons (Fsp3) is 0.292. The van der Waals surface area contributed by atoms with Crippen molar-refractivity contribution in [1.29, 1.82) is 0 Å². The highest BCUT2D eigenvalue weighted by molar-refractivity contribution is 5.99. The number of nitrogens with one attached hydrogen (secondary N) is 1. The number of benzene rings is 2. The Bertz CT molecular complexity index is 1190. The van der Waals surface area contributed by atoms with E-state index in [0.29, 0.717) is 48.9 Å². The lowest BCUT2D eigenvalue weighted by molar-refractivity contribution is 0.0948. The van der Waals surface area contributed by atoms with Gasteiger partial charge in [-0.15, -0.1) is 5.10 Å². The predicted molar refractivity (Wildman–Crippen MR) is 129 cm³/mol. The van der Waals surface area contributed by atoms with Crippen LogP contribution in [0.5, 0.6) is 0 Å². The van der Waals surface area contributed by atoms with Crippen molar-refractivity contribution in [3.8, 4) is 5.69 Å². The van der Waals surface area contributed by atoms with Gasteiger partial charge in [-0.05, 0) is 42.3 Å². The molecular weight excluding hydrogens is 439 g/mol. The topological polar surface area (TPSA) is 128 Å². The normalized spacial score (nSPS) is 13.3. The van der Waals surface area contributed by atoms with Crippen LogP contribution in [0.15, 0.2) is 42.5 Å². The molecule has 0 unspecified atom stereocenters. The molecule has 10 heteroatoms. The summed E-state index contributed by atoms with van der Waals surface area (Å²) in [7, 11) is 0. The lowest BCUT2D eigenvalue weighted by atomic mass is 10.1. The highest BCUT2D eigenvalue weighted by Crippen LogP contribution is 2.28. The Kier molecular flexibility index (Phi) is 7.52. The van der Waals surface area contributed by atoms with Crippen molar-refractivity contribution >= 4 is 23.3 Å². The van der Waals surface area contributed by atoms with E-state index in [1.54, 1.807) is 37.3 Å². The summed E-state index contributed by atoms with van der Waals surface area (Å²) in [5.41, 5.74) is 14.5. The molecule has 1 fully saturated rings. The highest BCUT2D eigenvalue weighted by atomic mass is 19.1. The van der Waals surface area contributed by atoms with Crippen LogP contribution in [0, 0.1) is 12.7 Å². The first-order valence-electron chi connectivity index (χ1n) is 10.5. The Morgan fingerprint density at radius 3 is 2.47 bits per heavy atom. The summed E-state index contributed by atoms with van der Waals surface area (Å²) in [6, 6.07) is 11.2. The average molecular weight is 469 g/mol.